The second kappa shape index (κ2) is 8.41. The van der Waals surface area contributed by atoms with Crippen LogP contribution in [0.2, 0.25) is 0 Å². The normalized spacial score (nSPS) is 24.5. The highest BCUT2D eigenvalue weighted by atomic mass is 32.2. The molecule has 0 aromatic carbocycles. The molecule has 0 aromatic rings. The molecular weight excluding hydrogens is 242 g/mol. The number of piperazine rings is 1. The molecule has 2 aliphatic rings. The fourth-order valence-electron chi connectivity index (χ4n) is 2.98. The van der Waals surface area contributed by atoms with Gasteiger partial charge in [-0.2, -0.15) is 0 Å². The fraction of sp³-hybridized carbons (Fsp3) is 1.00. The first kappa shape index (κ1) is 14.6. The van der Waals surface area contributed by atoms with Crippen LogP contribution in [0.4, 0.5) is 0 Å². The van der Waals surface area contributed by atoms with Crippen LogP contribution < -0.4 is 4.72 Å². The van der Waals surface area contributed by atoms with Crippen molar-refractivity contribution in [1.29, 1.82) is 0 Å². The van der Waals surface area contributed by atoms with Crippen molar-refractivity contribution in [2.24, 2.45) is 5.92 Å². The minimum absolute atomic E-state index is 0.996. The standard InChI is InChI=1S/C14H29N3S/c1-2-8-15-18-17-11-9-16(10-12-17)13-14-6-4-3-5-7-14/h14-15H,2-13H2,1H3. The first-order valence-electron chi connectivity index (χ1n) is 7.75. The molecule has 0 atom stereocenters. The van der Waals surface area contributed by atoms with Crippen LogP contribution in [-0.2, 0) is 0 Å². The van der Waals surface area contributed by atoms with Crippen LogP contribution in [0, 0.1) is 5.92 Å². The lowest BCUT2D eigenvalue weighted by molar-refractivity contribution is 0.154. The van der Waals surface area contributed by atoms with Gasteiger partial charge in [-0.15, -0.1) is 0 Å². The number of rotatable bonds is 6. The van der Waals surface area contributed by atoms with Crippen LogP contribution in [0.5, 0.6) is 0 Å². The molecule has 1 saturated carbocycles. The first-order chi connectivity index (χ1) is 8.88. The van der Waals surface area contributed by atoms with Crippen molar-refractivity contribution >= 4 is 12.1 Å². The Hall–Kier alpha value is 0.230. The molecule has 2 fully saturated rings. The molecule has 0 bridgehead atoms. The molecule has 3 nitrogen and oxygen atoms in total. The zero-order chi connectivity index (χ0) is 12.6. The van der Waals surface area contributed by atoms with Crippen molar-refractivity contribution < 1.29 is 0 Å². The Kier molecular flexibility index (Phi) is 6.84. The summed E-state index contributed by atoms with van der Waals surface area (Å²) in [6.45, 7) is 9.65. The van der Waals surface area contributed by atoms with E-state index < -0.39 is 0 Å². The monoisotopic (exact) mass is 271 g/mol. The highest BCUT2D eigenvalue weighted by Gasteiger charge is 2.21. The highest BCUT2D eigenvalue weighted by molar-refractivity contribution is 7.95. The molecule has 0 aromatic heterocycles. The zero-order valence-electron chi connectivity index (χ0n) is 11.9. The van der Waals surface area contributed by atoms with Gasteiger partial charge in [-0.1, -0.05) is 26.2 Å². The van der Waals surface area contributed by atoms with E-state index >= 15 is 0 Å². The van der Waals surface area contributed by atoms with E-state index in [4.69, 9.17) is 0 Å². The van der Waals surface area contributed by atoms with Gasteiger partial charge in [-0.25, -0.2) is 4.31 Å². The van der Waals surface area contributed by atoms with E-state index in [-0.39, 0.29) is 0 Å². The van der Waals surface area contributed by atoms with Crippen molar-refractivity contribution in [3.05, 3.63) is 0 Å². The van der Waals surface area contributed by atoms with Crippen molar-refractivity contribution in [1.82, 2.24) is 13.9 Å². The van der Waals surface area contributed by atoms with Gasteiger partial charge < -0.3 is 4.90 Å². The number of hydrogen-bond donors (Lipinski definition) is 1. The molecule has 106 valence electrons. The Morgan fingerprint density at radius 3 is 2.44 bits per heavy atom. The molecule has 1 aliphatic carbocycles. The van der Waals surface area contributed by atoms with Gasteiger partial charge >= 0.3 is 0 Å². The smallest absolute Gasteiger partial charge is 0.0230 e. The van der Waals surface area contributed by atoms with Crippen LogP contribution in [0.1, 0.15) is 45.4 Å². The summed E-state index contributed by atoms with van der Waals surface area (Å²) < 4.78 is 5.90. The van der Waals surface area contributed by atoms with Gasteiger partial charge in [0.25, 0.3) is 0 Å². The number of nitrogens with zero attached hydrogens (tertiary/aromatic N) is 2. The molecule has 4 heteroatoms. The van der Waals surface area contributed by atoms with Gasteiger partial charge in [-0.05, 0) is 25.2 Å². The summed E-state index contributed by atoms with van der Waals surface area (Å²) >= 11 is 1.83. The van der Waals surface area contributed by atoms with E-state index in [1.807, 2.05) is 12.1 Å². The predicted octanol–water partition coefficient (Wildman–Crippen LogP) is 2.75. The highest BCUT2D eigenvalue weighted by Crippen LogP contribution is 2.25. The quantitative estimate of drug-likeness (QED) is 0.591. The molecule has 0 radical (unpaired) electrons. The van der Waals surface area contributed by atoms with E-state index in [1.54, 1.807) is 0 Å². The van der Waals surface area contributed by atoms with Crippen LogP contribution in [0.25, 0.3) is 0 Å². The lowest BCUT2D eigenvalue weighted by atomic mass is 9.89. The largest absolute Gasteiger partial charge is 0.300 e. The van der Waals surface area contributed by atoms with E-state index in [0.717, 1.165) is 12.5 Å². The predicted molar refractivity (Wildman–Crippen MR) is 80.5 cm³/mol. The molecule has 1 N–H and O–H groups in total. The average Bonchev–Trinajstić information content (AvgIpc) is 2.42. The topological polar surface area (TPSA) is 18.5 Å². The third-order valence-corrected chi connectivity index (χ3v) is 5.07. The molecule has 18 heavy (non-hydrogen) atoms. The van der Waals surface area contributed by atoms with Crippen LogP contribution in [0.15, 0.2) is 0 Å². The van der Waals surface area contributed by atoms with Crippen LogP contribution in [0.3, 0.4) is 0 Å². The Morgan fingerprint density at radius 2 is 1.78 bits per heavy atom. The maximum absolute atomic E-state index is 3.43. The molecule has 1 aliphatic heterocycles. The summed E-state index contributed by atoms with van der Waals surface area (Å²) in [4.78, 5) is 2.69. The Labute approximate surface area is 117 Å². The lowest BCUT2D eigenvalue weighted by Crippen LogP contribution is -2.46. The van der Waals surface area contributed by atoms with Gasteiger partial charge in [0, 0.05) is 51.4 Å². The third-order valence-electron chi connectivity index (χ3n) is 4.12. The Balaban J connectivity index is 1.57. The molecule has 0 spiro atoms. The van der Waals surface area contributed by atoms with E-state index in [1.165, 1.54) is 71.2 Å². The van der Waals surface area contributed by atoms with Crippen molar-refractivity contribution in [3.63, 3.8) is 0 Å². The van der Waals surface area contributed by atoms with Gasteiger partial charge in [0.05, 0.1) is 0 Å². The summed E-state index contributed by atoms with van der Waals surface area (Å²) in [5, 5.41) is 0. The minimum atomic E-state index is 0.996. The molecule has 0 unspecified atom stereocenters. The van der Waals surface area contributed by atoms with Crippen molar-refractivity contribution in [2.75, 3.05) is 39.3 Å². The maximum atomic E-state index is 3.43. The third kappa shape index (κ3) is 5.08. The molecule has 1 saturated heterocycles. The SMILES string of the molecule is CCCNSN1CCN(CC2CCCCC2)CC1. The molecule has 1 heterocycles. The minimum Gasteiger partial charge on any atom is -0.300 e. The maximum Gasteiger partial charge on any atom is 0.0230 e. The Bertz CT molecular complexity index is 211. The van der Waals surface area contributed by atoms with Crippen LogP contribution in [-0.4, -0.2) is 48.5 Å². The second-order valence-corrected chi connectivity index (χ2v) is 6.71. The summed E-state index contributed by atoms with van der Waals surface area (Å²) in [6, 6.07) is 0. The van der Waals surface area contributed by atoms with Crippen molar-refractivity contribution in [3.8, 4) is 0 Å². The van der Waals surface area contributed by atoms with Gasteiger partial charge in [0.2, 0.25) is 0 Å². The second-order valence-electron chi connectivity index (χ2n) is 5.72. The van der Waals surface area contributed by atoms with E-state index in [0.29, 0.717) is 0 Å². The van der Waals surface area contributed by atoms with E-state index in [2.05, 4.69) is 20.9 Å². The molecular formula is C14H29N3S. The number of hydrogen-bond acceptors (Lipinski definition) is 4. The van der Waals surface area contributed by atoms with Crippen molar-refractivity contribution in [2.45, 2.75) is 45.4 Å². The lowest BCUT2D eigenvalue weighted by Gasteiger charge is -2.36. The van der Waals surface area contributed by atoms with Gasteiger partial charge in [0.1, 0.15) is 0 Å². The average molecular weight is 271 g/mol. The van der Waals surface area contributed by atoms with Crippen LogP contribution >= 0.6 is 12.1 Å². The molecule has 0 amide bonds. The first-order valence-corrected chi connectivity index (χ1v) is 8.53. The summed E-state index contributed by atoms with van der Waals surface area (Å²) in [5.74, 6) is 0.996. The van der Waals surface area contributed by atoms with E-state index in [9.17, 15) is 0 Å². The zero-order valence-corrected chi connectivity index (χ0v) is 12.7. The molecule has 2 rings (SSSR count). The Morgan fingerprint density at radius 1 is 1.06 bits per heavy atom. The van der Waals surface area contributed by atoms with Gasteiger partial charge in [-0.3, -0.25) is 4.72 Å². The summed E-state index contributed by atoms with van der Waals surface area (Å²) in [7, 11) is 0. The summed E-state index contributed by atoms with van der Waals surface area (Å²) in [6.07, 6.45) is 8.60. The summed E-state index contributed by atoms with van der Waals surface area (Å²) in [5.41, 5.74) is 0. The fourth-order valence-corrected chi connectivity index (χ4v) is 3.80. The number of nitrogens with one attached hydrogen (secondary N) is 1. The van der Waals surface area contributed by atoms with Gasteiger partial charge in [0.15, 0.2) is 0 Å².